The molecule has 30 heavy (non-hydrogen) atoms. The van der Waals surface area contributed by atoms with Crippen LogP contribution in [0.1, 0.15) is 18.0 Å². The lowest BCUT2D eigenvalue weighted by Crippen LogP contribution is -2.31. The first-order valence-corrected chi connectivity index (χ1v) is 11.5. The first-order chi connectivity index (χ1) is 14.4. The van der Waals surface area contributed by atoms with Crippen LogP contribution in [0.3, 0.4) is 0 Å². The largest absolute Gasteiger partial charge is 0.336 e. The second kappa shape index (κ2) is 8.75. The Hall–Kier alpha value is -2.42. The molecule has 4 aromatic rings. The van der Waals surface area contributed by atoms with Crippen LogP contribution in [0.4, 0.5) is 0 Å². The van der Waals surface area contributed by atoms with Gasteiger partial charge in [0.25, 0.3) is 0 Å². The predicted octanol–water partition coefficient (Wildman–Crippen LogP) is 5.06. The van der Waals surface area contributed by atoms with E-state index < -0.39 is 0 Å². The monoisotopic (exact) mass is 457 g/mol. The number of carbonyl (C=O) groups excluding carboxylic acids is 1. The molecule has 0 aliphatic heterocycles. The number of halogens is 1. The van der Waals surface area contributed by atoms with E-state index in [0.29, 0.717) is 10.2 Å². The lowest BCUT2D eigenvalue weighted by molar-refractivity contribution is -0.128. The van der Waals surface area contributed by atoms with Crippen LogP contribution in [-0.2, 0) is 11.8 Å². The zero-order chi connectivity index (χ0) is 21.3. The van der Waals surface area contributed by atoms with Crippen LogP contribution in [0, 0.1) is 0 Å². The summed E-state index contributed by atoms with van der Waals surface area (Å²) in [6, 6.07) is 15.4. The summed E-state index contributed by atoms with van der Waals surface area (Å²) in [6.07, 6.45) is 0. The second-order valence-corrected chi connectivity index (χ2v) is 9.30. The van der Waals surface area contributed by atoms with Crippen molar-refractivity contribution in [3.63, 3.8) is 0 Å². The van der Waals surface area contributed by atoms with Gasteiger partial charge in [0.1, 0.15) is 5.01 Å². The number of carbonyl (C=O) groups is 1. The third kappa shape index (κ3) is 4.21. The molecule has 0 saturated heterocycles. The van der Waals surface area contributed by atoms with Gasteiger partial charge < -0.3 is 9.47 Å². The Balaban J connectivity index is 1.42. The van der Waals surface area contributed by atoms with Crippen molar-refractivity contribution >= 4 is 50.8 Å². The molecule has 0 radical (unpaired) electrons. The number of rotatable bonds is 6. The molecule has 0 aliphatic rings. The van der Waals surface area contributed by atoms with Crippen LogP contribution in [0.5, 0.6) is 0 Å². The van der Waals surface area contributed by atoms with Gasteiger partial charge in [-0.05, 0) is 43.3 Å². The molecule has 6 nitrogen and oxygen atoms in total. The number of nitrogens with zero attached hydrogens (tertiary/aromatic N) is 5. The fraction of sp³-hybridized carbons (Fsp3) is 0.238. The van der Waals surface area contributed by atoms with Crippen molar-refractivity contribution in [2.24, 2.45) is 7.05 Å². The topological polar surface area (TPSA) is 63.9 Å². The fourth-order valence-electron chi connectivity index (χ4n) is 2.97. The summed E-state index contributed by atoms with van der Waals surface area (Å²) in [6.45, 7) is 2.00. The molecule has 0 saturated carbocycles. The summed E-state index contributed by atoms with van der Waals surface area (Å²) >= 11 is 8.96. The molecular weight excluding hydrogens is 438 g/mol. The van der Waals surface area contributed by atoms with Crippen LogP contribution >= 0.6 is 34.7 Å². The van der Waals surface area contributed by atoms with Crippen molar-refractivity contribution in [3.05, 3.63) is 58.6 Å². The maximum atomic E-state index is 12.8. The van der Waals surface area contributed by atoms with Crippen molar-refractivity contribution in [1.82, 2.24) is 24.6 Å². The number of hydrogen-bond acceptors (Lipinski definition) is 6. The number of thiazole rings is 1. The summed E-state index contributed by atoms with van der Waals surface area (Å²) in [7, 11) is 3.71. The minimum absolute atomic E-state index is 0.0165. The van der Waals surface area contributed by atoms with Gasteiger partial charge in [-0.15, -0.1) is 21.5 Å². The Kier molecular flexibility index (Phi) is 6.08. The molecule has 9 heteroatoms. The molecular formula is C21H20ClN5OS2. The van der Waals surface area contributed by atoms with E-state index >= 15 is 0 Å². The predicted molar refractivity (Wildman–Crippen MR) is 123 cm³/mol. The van der Waals surface area contributed by atoms with Gasteiger partial charge >= 0.3 is 0 Å². The lowest BCUT2D eigenvalue weighted by Gasteiger charge is -2.23. The number of thioether (sulfide) groups is 1. The summed E-state index contributed by atoms with van der Waals surface area (Å²) < 4.78 is 3.02. The van der Waals surface area contributed by atoms with Crippen LogP contribution in [0.25, 0.3) is 21.6 Å². The molecule has 0 aliphatic carbocycles. The van der Waals surface area contributed by atoms with Crippen molar-refractivity contribution in [1.29, 1.82) is 0 Å². The highest BCUT2D eigenvalue weighted by Crippen LogP contribution is 2.30. The molecule has 0 spiro atoms. The highest BCUT2D eigenvalue weighted by Gasteiger charge is 2.22. The van der Waals surface area contributed by atoms with Crippen molar-refractivity contribution in [3.8, 4) is 11.4 Å². The first kappa shape index (κ1) is 20.8. The molecule has 154 valence electrons. The molecule has 4 rings (SSSR count). The molecule has 1 amide bonds. The van der Waals surface area contributed by atoms with E-state index in [-0.39, 0.29) is 17.7 Å². The number of para-hydroxylation sites is 1. The van der Waals surface area contributed by atoms with Crippen LogP contribution in [-0.4, -0.2) is 43.4 Å². The maximum Gasteiger partial charge on any atom is 0.233 e. The summed E-state index contributed by atoms with van der Waals surface area (Å²) in [5, 5.41) is 10.8. The smallest absolute Gasteiger partial charge is 0.233 e. The molecule has 2 aromatic heterocycles. The molecule has 2 aromatic carbocycles. The number of amides is 1. The standard InChI is InChI=1S/C21H20ClN5OS2/c1-13(20-23-16-6-4-5-7-17(16)30-20)26(2)18(28)12-29-21-25-24-19(27(21)3)14-8-10-15(22)11-9-14/h4-11,13H,12H2,1-3H3/t13-/m0/s1. The maximum absolute atomic E-state index is 12.8. The van der Waals surface area contributed by atoms with Crippen LogP contribution in [0.15, 0.2) is 53.7 Å². The van der Waals surface area contributed by atoms with E-state index in [2.05, 4.69) is 15.2 Å². The summed E-state index contributed by atoms with van der Waals surface area (Å²) in [4.78, 5) is 19.2. The minimum atomic E-state index is -0.0976. The molecule has 0 unspecified atom stereocenters. The van der Waals surface area contributed by atoms with Gasteiger partial charge in [0.05, 0.1) is 22.0 Å². The van der Waals surface area contributed by atoms with Gasteiger partial charge in [-0.25, -0.2) is 4.98 Å². The third-order valence-corrected chi connectivity index (χ3v) is 7.37. The molecule has 0 bridgehead atoms. The number of hydrogen-bond donors (Lipinski definition) is 0. The Labute approximate surface area is 187 Å². The van der Waals surface area contributed by atoms with E-state index in [1.54, 1.807) is 16.2 Å². The molecule has 2 heterocycles. The van der Waals surface area contributed by atoms with Crippen molar-refractivity contribution in [2.45, 2.75) is 18.1 Å². The molecule has 0 fully saturated rings. The summed E-state index contributed by atoms with van der Waals surface area (Å²) in [5.41, 5.74) is 1.89. The number of fused-ring (bicyclic) bond motifs is 1. The Morgan fingerprint density at radius 1 is 1.20 bits per heavy atom. The van der Waals surface area contributed by atoms with E-state index in [4.69, 9.17) is 11.6 Å². The normalized spacial score (nSPS) is 12.3. The van der Waals surface area contributed by atoms with E-state index in [9.17, 15) is 4.79 Å². The van der Waals surface area contributed by atoms with Gasteiger partial charge in [0.15, 0.2) is 11.0 Å². The van der Waals surface area contributed by atoms with Gasteiger partial charge in [0.2, 0.25) is 5.91 Å². The minimum Gasteiger partial charge on any atom is -0.336 e. The van der Waals surface area contributed by atoms with Gasteiger partial charge in [-0.1, -0.05) is 35.5 Å². The average molecular weight is 458 g/mol. The fourth-order valence-corrected chi connectivity index (χ4v) is 4.99. The van der Waals surface area contributed by atoms with E-state index in [1.165, 1.54) is 11.8 Å². The van der Waals surface area contributed by atoms with Crippen LogP contribution < -0.4 is 0 Å². The van der Waals surface area contributed by atoms with Crippen molar-refractivity contribution < 1.29 is 4.79 Å². The van der Waals surface area contributed by atoms with Gasteiger partial charge in [0, 0.05) is 24.7 Å². The zero-order valence-electron chi connectivity index (χ0n) is 16.7. The Bertz CT molecular complexity index is 1150. The summed E-state index contributed by atoms with van der Waals surface area (Å²) in [5.74, 6) is 1.03. The molecule has 1 atom stereocenters. The Morgan fingerprint density at radius 3 is 2.67 bits per heavy atom. The van der Waals surface area contributed by atoms with Gasteiger partial charge in [-0.3, -0.25) is 4.79 Å². The lowest BCUT2D eigenvalue weighted by atomic mass is 10.2. The quantitative estimate of drug-likeness (QED) is 0.379. The van der Waals surface area contributed by atoms with Gasteiger partial charge in [-0.2, -0.15) is 0 Å². The zero-order valence-corrected chi connectivity index (χ0v) is 19.1. The molecule has 0 N–H and O–H groups in total. The van der Waals surface area contributed by atoms with Crippen molar-refractivity contribution in [2.75, 3.05) is 12.8 Å². The highest BCUT2D eigenvalue weighted by atomic mass is 35.5. The first-order valence-electron chi connectivity index (χ1n) is 9.33. The van der Waals surface area contributed by atoms with E-state index in [1.807, 2.05) is 74.1 Å². The second-order valence-electron chi connectivity index (χ2n) is 6.86. The number of benzene rings is 2. The highest BCUT2D eigenvalue weighted by molar-refractivity contribution is 7.99. The van der Waals surface area contributed by atoms with E-state index in [0.717, 1.165) is 26.6 Å². The third-order valence-electron chi connectivity index (χ3n) is 4.90. The Morgan fingerprint density at radius 2 is 1.93 bits per heavy atom. The SMILES string of the molecule is C[C@@H](c1nc2ccccc2s1)N(C)C(=O)CSc1nnc(-c2ccc(Cl)cc2)n1C. The average Bonchev–Trinajstić information content (AvgIpc) is 3.35. The number of aromatic nitrogens is 4. The van der Waals surface area contributed by atoms with Crippen LogP contribution in [0.2, 0.25) is 5.02 Å².